The van der Waals surface area contributed by atoms with Crippen molar-refractivity contribution in [2.75, 3.05) is 0 Å². The van der Waals surface area contributed by atoms with E-state index in [4.69, 9.17) is 15.2 Å². The van der Waals surface area contributed by atoms with Crippen molar-refractivity contribution in [3.8, 4) is 17.2 Å². The number of Topliss-reactive ketones (excluding diaryl/α,β-unsaturated/α-hetero) is 1. The van der Waals surface area contributed by atoms with Gasteiger partial charge in [0.05, 0.1) is 11.1 Å². The van der Waals surface area contributed by atoms with E-state index in [0.717, 1.165) is 24.2 Å². The van der Waals surface area contributed by atoms with E-state index in [9.17, 15) is 9.59 Å². The molecule has 0 radical (unpaired) electrons. The Kier molecular flexibility index (Phi) is 3.00. The van der Waals surface area contributed by atoms with Crippen LogP contribution in [0.2, 0.25) is 0 Å². The van der Waals surface area contributed by atoms with Crippen LogP contribution >= 0.6 is 0 Å². The number of benzene rings is 1. The third-order valence-corrected chi connectivity index (χ3v) is 4.39. The summed E-state index contributed by atoms with van der Waals surface area (Å²) in [6, 6.07) is 5.57. The fourth-order valence-electron chi connectivity index (χ4n) is 3.42. The Bertz CT molecular complexity index is 879. The Morgan fingerprint density at radius 3 is 2.71 bits per heavy atom. The van der Waals surface area contributed by atoms with Gasteiger partial charge in [-0.05, 0) is 25.0 Å². The molecule has 1 aromatic heterocycles. The molecule has 0 unspecified atom stereocenters. The molecule has 2 aromatic rings. The van der Waals surface area contributed by atoms with Crippen LogP contribution in [-0.2, 0) is 6.42 Å². The number of nitrogens with two attached hydrogens (primary N) is 1. The monoisotopic (exact) mass is 326 g/mol. The minimum atomic E-state index is -0.703. The Labute approximate surface area is 139 Å². The van der Waals surface area contributed by atoms with E-state index in [2.05, 4.69) is 0 Å². The predicted molar refractivity (Wildman–Crippen MR) is 86.9 cm³/mol. The zero-order valence-corrected chi connectivity index (χ0v) is 13.6. The van der Waals surface area contributed by atoms with Crippen LogP contribution in [0.3, 0.4) is 0 Å². The molecule has 4 rings (SSSR count). The molecule has 2 N–H and O–H groups in total. The number of ether oxygens (including phenoxy) is 2. The third-order valence-electron chi connectivity index (χ3n) is 4.39. The average Bonchev–Trinajstić information content (AvgIpc) is 3.03. The molecule has 0 fully saturated rings. The summed E-state index contributed by atoms with van der Waals surface area (Å²) >= 11 is 0. The summed E-state index contributed by atoms with van der Waals surface area (Å²) in [7, 11) is 0. The lowest BCUT2D eigenvalue weighted by Gasteiger charge is -2.16. The van der Waals surface area contributed by atoms with Gasteiger partial charge in [-0.15, -0.1) is 0 Å². The molecule has 0 spiro atoms. The van der Waals surface area contributed by atoms with Gasteiger partial charge in [0, 0.05) is 43.9 Å². The van der Waals surface area contributed by atoms with E-state index in [1.165, 1.54) is 0 Å². The number of carbonyl (C=O) groups is 2. The van der Waals surface area contributed by atoms with Crippen molar-refractivity contribution in [1.82, 2.24) is 4.57 Å². The second kappa shape index (κ2) is 4.87. The molecule has 1 aliphatic carbocycles. The van der Waals surface area contributed by atoms with E-state index in [-0.39, 0.29) is 11.3 Å². The van der Waals surface area contributed by atoms with Crippen molar-refractivity contribution in [2.24, 2.45) is 5.73 Å². The topological polar surface area (TPSA) is 83.5 Å². The molecule has 1 amide bonds. The first-order chi connectivity index (χ1) is 11.4. The van der Waals surface area contributed by atoms with Gasteiger partial charge < -0.3 is 19.8 Å². The fourth-order valence-corrected chi connectivity index (χ4v) is 3.42. The van der Waals surface area contributed by atoms with Gasteiger partial charge in [0.2, 0.25) is 5.79 Å². The largest absolute Gasteiger partial charge is 0.449 e. The maximum Gasteiger partial charge on any atom is 0.251 e. The first-order valence-electron chi connectivity index (χ1n) is 7.95. The van der Waals surface area contributed by atoms with Crippen LogP contribution in [-0.4, -0.2) is 22.0 Å². The summed E-state index contributed by atoms with van der Waals surface area (Å²) in [5, 5.41) is 0. The number of amides is 1. The molecule has 0 saturated carbocycles. The van der Waals surface area contributed by atoms with Crippen LogP contribution in [0.1, 0.15) is 53.1 Å². The number of nitrogens with zero attached hydrogens (tertiary/aromatic N) is 1. The van der Waals surface area contributed by atoms with Gasteiger partial charge in [-0.3, -0.25) is 9.59 Å². The first kappa shape index (κ1) is 14.8. The number of carbonyl (C=O) groups excluding carboxylic acids is 2. The molecule has 2 aliphatic rings. The van der Waals surface area contributed by atoms with E-state index < -0.39 is 11.7 Å². The van der Waals surface area contributed by atoms with E-state index in [1.807, 2.05) is 36.6 Å². The lowest BCUT2D eigenvalue weighted by molar-refractivity contribution is -0.0431. The molecular weight excluding hydrogens is 308 g/mol. The molecule has 6 nitrogen and oxygen atoms in total. The van der Waals surface area contributed by atoms with Crippen molar-refractivity contribution in [1.29, 1.82) is 0 Å². The average molecular weight is 326 g/mol. The number of hydrogen-bond donors (Lipinski definition) is 1. The zero-order chi connectivity index (χ0) is 17.1. The van der Waals surface area contributed by atoms with Gasteiger partial charge in [0.15, 0.2) is 17.3 Å². The zero-order valence-electron chi connectivity index (χ0n) is 13.6. The molecule has 0 saturated heterocycles. The fraction of sp³-hybridized carbons (Fsp3) is 0.333. The van der Waals surface area contributed by atoms with Gasteiger partial charge in [-0.2, -0.15) is 0 Å². The van der Waals surface area contributed by atoms with Crippen LogP contribution < -0.4 is 15.2 Å². The number of ketones is 1. The van der Waals surface area contributed by atoms with Crippen LogP contribution in [0, 0.1) is 0 Å². The van der Waals surface area contributed by atoms with E-state index in [0.29, 0.717) is 23.5 Å². The molecule has 6 heteroatoms. The quantitative estimate of drug-likeness (QED) is 0.919. The minimum Gasteiger partial charge on any atom is -0.449 e. The first-order valence-corrected chi connectivity index (χ1v) is 7.95. The SMILES string of the molecule is CC1(C)Oc2ccc(-n3cc(C(N)=O)c4c3CCCC4=O)cc2O1. The van der Waals surface area contributed by atoms with Gasteiger partial charge >= 0.3 is 0 Å². The van der Waals surface area contributed by atoms with Gasteiger partial charge in [-0.1, -0.05) is 0 Å². The summed E-state index contributed by atoms with van der Waals surface area (Å²) < 4.78 is 13.3. The van der Waals surface area contributed by atoms with Crippen molar-refractivity contribution in [3.63, 3.8) is 0 Å². The second-order valence-electron chi connectivity index (χ2n) is 6.61. The maximum atomic E-state index is 12.3. The maximum absolute atomic E-state index is 12.3. The summed E-state index contributed by atoms with van der Waals surface area (Å²) in [6.45, 7) is 3.68. The summed E-state index contributed by atoms with van der Waals surface area (Å²) in [5.41, 5.74) is 7.86. The van der Waals surface area contributed by atoms with E-state index >= 15 is 0 Å². The van der Waals surface area contributed by atoms with Crippen LogP contribution in [0.4, 0.5) is 0 Å². The number of aromatic nitrogens is 1. The summed E-state index contributed by atoms with van der Waals surface area (Å²) in [6.07, 6.45) is 3.60. The molecule has 2 heterocycles. The molecule has 124 valence electrons. The van der Waals surface area contributed by atoms with Crippen molar-refractivity contribution >= 4 is 11.7 Å². The Balaban J connectivity index is 1.86. The van der Waals surface area contributed by atoms with Gasteiger partial charge in [0.1, 0.15) is 0 Å². The van der Waals surface area contributed by atoms with Crippen molar-refractivity contribution in [2.45, 2.75) is 38.9 Å². The third kappa shape index (κ3) is 2.18. The van der Waals surface area contributed by atoms with Crippen LogP contribution in [0.25, 0.3) is 5.69 Å². The molecule has 1 aliphatic heterocycles. The van der Waals surface area contributed by atoms with E-state index in [1.54, 1.807) is 6.20 Å². The molecule has 24 heavy (non-hydrogen) atoms. The minimum absolute atomic E-state index is 0.0225. The Morgan fingerprint density at radius 1 is 1.21 bits per heavy atom. The molecule has 0 atom stereocenters. The molecular formula is C18H18N2O4. The highest BCUT2D eigenvalue weighted by atomic mass is 16.7. The van der Waals surface area contributed by atoms with Gasteiger partial charge in [-0.25, -0.2) is 0 Å². The standard InChI is InChI=1S/C18H18N2O4/c1-18(2)23-14-7-6-10(8-15(14)24-18)20-9-11(17(19)22)16-12(20)4-3-5-13(16)21/h6-9H,3-5H2,1-2H3,(H2,19,22). The lowest BCUT2D eigenvalue weighted by atomic mass is 9.93. The number of rotatable bonds is 2. The van der Waals surface area contributed by atoms with Crippen molar-refractivity contribution in [3.05, 3.63) is 41.2 Å². The van der Waals surface area contributed by atoms with Crippen LogP contribution in [0.5, 0.6) is 11.5 Å². The highest BCUT2D eigenvalue weighted by Crippen LogP contribution is 2.41. The summed E-state index contributed by atoms with van der Waals surface area (Å²) in [5.74, 6) is 0.0114. The number of fused-ring (bicyclic) bond motifs is 2. The molecule has 1 aromatic carbocycles. The number of hydrogen-bond acceptors (Lipinski definition) is 4. The molecule has 0 bridgehead atoms. The smallest absolute Gasteiger partial charge is 0.251 e. The Hall–Kier alpha value is -2.76. The van der Waals surface area contributed by atoms with Crippen LogP contribution in [0.15, 0.2) is 24.4 Å². The summed E-state index contributed by atoms with van der Waals surface area (Å²) in [4.78, 5) is 24.0. The predicted octanol–water partition coefficient (Wildman–Crippen LogP) is 2.60. The van der Waals surface area contributed by atoms with Crippen molar-refractivity contribution < 1.29 is 19.1 Å². The lowest BCUT2D eigenvalue weighted by Crippen LogP contribution is -2.29. The highest BCUT2D eigenvalue weighted by Gasteiger charge is 2.33. The van der Waals surface area contributed by atoms with Gasteiger partial charge in [0.25, 0.3) is 5.91 Å². The Morgan fingerprint density at radius 2 is 1.96 bits per heavy atom. The highest BCUT2D eigenvalue weighted by molar-refractivity contribution is 6.09. The normalized spacial score (nSPS) is 17.7. The number of primary amides is 1. The second-order valence-corrected chi connectivity index (χ2v) is 6.61.